The highest BCUT2D eigenvalue weighted by Gasteiger charge is 2.35. The zero-order valence-electron chi connectivity index (χ0n) is 24.5. The summed E-state index contributed by atoms with van der Waals surface area (Å²) < 4.78 is 34.7. The van der Waals surface area contributed by atoms with Crippen LogP contribution in [-0.2, 0) is 9.57 Å². The topological polar surface area (TPSA) is 123 Å². The fourth-order valence-corrected chi connectivity index (χ4v) is 5.35. The number of urea groups is 1. The summed E-state index contributed by atoms with van der Waals surface area (Å²) >= 11 is 0. The van der Waals surface area contributed by atoms with Crippen LogP contribution in [0.3, 0.4) is 0 Å². The standard InChI is InChI=1S/C31H33F2N7O4/c1-19-28(21-11-12-34-26(16-21)30(41)38-44-3)37-40(22-7-5-4-6-8-22)29(19)36-31(42)35-27-18-39(13-14-43-2)17-23(27)20-9-10-24(32)25(33)15-20/h4-12,15-16,23,27H,13-14,17-18H2,1-3H3,(H,38,41)(H2,35,36,42)/t23-,27+/m0/s1. The minimum atomic E-state index is -0.935. The van der Waals surface area contributed by atoms with Crippen molar-refractivity contribution < 1.29 is 27.9 Å². The van der Waals surface area contributed by atoms with Crippen LogP contribution in [0.15, 0.2) is 66.9 Å². The Hall–Kier alpha value is -4.72. The molecule has 13 heteroatoms. The molecule has 0 saturated carbocycles. The first-order valence-electron chi connectivity index (χ1n) is 14.0. The van der Waals surface area contributed by atoms with Gasteiger partial charge in [0.1, 0.15) is 11.5 Å². The van der Waals surface area contributed by atoms with Gasteiger partial charge in [0.25, 0.3) is 5.91 Å². The Labute approximate surface area is 253 Å². The second-order valence-electron chi connectivity index (χ2n) is 10.4. The van der Waals surface area contributed by atoms with Crippen molar-refractivity contribution in [3.05, 3.63) is 95.3 Å². The van der Waals surface area contributed by atoms with E-state index in [4.69, 9.17) is 14.7 Å². The first-order valence-corrected chi connectivity index (χ1v) is 14.0. The molecule has 3 heterocycles. The van der Waals surface area contributed by atoms with Crippen molar-refractivity contribution >= 4 is 17.8 Å². The summed E-state index contributed by atoms with van der Waals surface area (Å²) in [6.07, 6.45) is 1.49. The number of rotatable bonds is 10. The zero-order valence-corrected chi connectivity index (χ0v) is 24.5. The van der Waals surface area contributed by atoms with E-state index in [1.807, 2.05) is 37.3 Å². The molecule has 2 aromatic heterocycles. The maximum Gasteiger partial charge on any atom is 0.320 e. The number of aromatic nitrogens is 3. The largest absolute Gasteiger partial charge is 0.383 e. The molecule has 0 bridgehead atoms. The Morgan fingerprint density at radius 3 is 2.55 bits per heavy atom. The van der Waals surface area contributed by atoms with E-state index in [0.717, 1.165) is 6.07 Å². The first-order chi connectivity index (χ1) is 21.3. The lowest BCUT2D eigenvalue weighted by Crippen LogP contribution is -2.42. The van der Waals surface area contributed by atoms with Crippen molar-refractivity contribution in [3.8, 4) is 16.9 Å². The molecule has 230 valence electrons. The van der Waals surface area contributed by atoms with Crippen LogP contribution >= 0.6 is 0 Å². The van der Waals surface area contributed by atoms with Gasteiger partial charge in [0.05, 0.1) is 31.1 Å². The number of amides is 3. The van der Waals surface area contributed by atoms with E-state index < -0.39 is 29.6 Å². The quantitative estimate of drug-likeness (QED) is 0.233. The number of nitrogens with one attached hydrogen (secondary N) is 3. The summed E-state index contributed by atoms with van der Waals surface area (Å²) in [4.78, 5) is 36.8. The van der Waals surface area contributed by atoms with E-state index >= 15 is 0 Å². The Balaban J connectivity index is 1.44. The Morgan fingerprint density at radius 1 is 1.02 bits per heavy atom. The second-order valence-corrected chi connectivity index (χ2v) is 10.4. The lowest BCUT2D eigenvalue weighted by Gasteiger charge is -2.21. The van der Waals surface area contributed by atoms with Gasteiger partial charge in [-0.2, -0.15) is 5.10 Å². The number of hydrogen-bond donors (Lipinski definition) is 3. The molecule has 1 aliphatic heterocycles. The van der Waals surface area contributed by atoms with Crippen molar-refractivity contribution in [2.24, 2.45) is 0 Å². The maximum absolute atomic E-state index is 14.2. The molecular weight excluding hydrogens is 572 g/mol. The molecule has 3 N–H and O–H groups in total. The SMILES string of the molecule is COCCN1C[C@@H](NC(=O)Nc2c(C)c(-c3ccnc(C(=O)NOC)c3)nn2-c2ccccc2)[C@H](c2ccc(F)c(F)c2)C1. The van der Waals surface area contributed by atoms with Crippen LogP contribution in [0.25, 0.3) is 16.9 Å². The number of halogens is 2. The molecule has 0 spiro atoms. The van der Waals surface area contributed by atoms with Crippen LogP contribution in [0.4, 0.5) is 19.4 Å². The van der Waals surface area contributed by atoms with E-state index in [-0.39, 0.29) is 11.6 Å². The molecule has 0 aliphatic carbocycles. The zero-order chi connectivity index (χ0) is 31.2. The summed E-state index contributed by atoms with van der Waals surface area (Å²) in [5.74, 6) is -2.24. The Kier molecular flexibility index (Phi) is 9.58. The van der Waals surface area contributed by atoms with Crippen LogP contribution in [0.2, 0.25) is 0 Å². The molecule has 2 atom stereocenters. The average molecular weight is 606 g/mol. The lowest BCUT2D eigenvalue weighted by atomic mass is 9.94. The maximum atomic E-state index is 14.2. The van der Waals surface area contributed by atoms with Crippen molar-refractivity contribution in [3.63, 3.8) is 0 Å². The fraction of sp³-hybridized carbons (Fsp3) is 0.290. The third kappa shape index (κ3) is 6.75. The molecule has 3 amide bonds. The highest BCUT2D eigenvalue weighted by molar-refractivity contribution is 5.94. The normalized spacial score (nSPS) is 16.6. The van der Waals surface area contributed by atoms with Gasteiger partial charge in [0, 0.05) is 50.0 Å². The van der Waals surface area contributed by atoms with Gasteiger partial charge in [0.15, 0.2) is 11.6 Å². The van der Waals surface area contributed by atoms with Gasteiger partial charge in [-0.05, 0) is 48.9 Å². The van der Waals surface area contributed by atoms with Crippen molar-refractivity contribution in [1.82, 2.24) is 30.5 Å². The van der Waals surface area contributed by atoms with Gasteiger partial charge in [-0.1, -0.05) is 24.3 Å². The van der Waals surface area contributed by atoms with Crippen molar-refractivity contribution in [1.29, 1.82) is 0 Å². The molecule has 0 unspecified atom stereocenters. The molecule has 1 saturated heterocycles. The number of ether oxygens (including phenoxy) is 1. The van der Waals surface area contributed by atoms with E-state index in [1.54, 1.807) is 30.0 Å². The molecule has 1 fully saturated rings. The van der Waals surface area contributed by atoms with Crippen LogP contribution in [0.1, 0.15) is 27.5 Å². The van der Waals surface area contributed by atoms with Gasteiger partial charge in [0.2, 0.25) is 0 Å². The number of hydroxylamine groups is 1. The summed E-state index contributed by atoms with van der Waals surface area (Å²) in [5.41, 5.74) is 5.47. The number of para-hydroxylation sites is 1. The fourth-order valence-electron chi connectivity index (χ4n) is 5.35. The van der Waals surface area contributed by atoms with Gasteiger partial charge < -0.3 is 10.1 Å². The predicted molar refractivity (Wildman–Crippen MR) is 159 cm³/mol. The predicted octanol–water partition coefficient (Wildman–Crippen LogP) is 4.05. The minimum absolute atomic E-state index is 0.132. The number of nitrogens with zero attached hydrogens (tertiary/aromatic N) is 4. The van der Waals surface area contributed by atoms with Crippen LogP contribution in [-0.4, -0.2) is 78.1 Å². The van der Waals surface area contributed by atoms with Crippen LogP contribution < -0.4 is 16.1 Å². The highest BCUT2D eigenvalue weighted by Crippen LogP contribution is 2.32. The minimum Gasteiger partial charge on any atom is -0.383 e. The Morgan fingerprint density at radius 2 is 1.82 bits per heavy atom. The van der Waals surface area contributed by atoms with Gasteiger partial charge in [-0.15, -0.1) is 0 Å². The van der Waals surface area contributed by atoms with E-state index in [0.29, 0.717) is 60.1 Å². The molecular formula is C31H33F2N7O4. The number of hydrogen-bond acceptors (Lipinski definition) is 7. The number of carbonyl (C=O) groups excluding carboxylic acids is 2. The number of methoxy groups -OCH3 is 1. The van der Waals surface area contributed by atoms with Crippen LogP contribution in [0, 0.1) is 18.6 Å². The second kappa shape index (κ2) is 13.7. The van der Waals surface area contributed by atoms with Crippen LogP contribution in [0.5, 0.6) is 0 Å². The lowest BCUT2D eigenvalue weighted by molar-refractivity contribution is 0.0532. The molecule has 2 aromatic carbocycles. The average Bonchev–Trinajstić information content (AvgIpc) is 3.58. The third-order valence-corrected chi connectivity index (χ3v) is 7.51. The number of benzene rings is 2. The number of likely N-dealkylation sites (tertiary alicyclic amines) is 1. The van der Waals surface area contributed by atoms with Gasteiger partial charge in [-0.25, -0.2) is 23.7 Å². The summed E-state index contributed by atoms with van der Waals surface area (Å²) in [6, 6.07) is 15.5. The van der Waals surface area contributed by atoms with Crippen molar-refractivity contribution in [2.45, 2.75) is 18.9 Å². The number of carbonyl (C=O) groups is 2. The molecule has 5 rings (SSSR count). The molecule has 11 nitrogen and oxygen atoms in total. The first kappa shape index (κ1) is 30.7. The highest BCUT2D eigenvalue weighted by atomic mass is 19.2. The molecule has 4 aromatic rings. The Bertz CT molecular complexity index is 1630. The third-order valence-electron chi connectivity index (χ3n) is 7.51. The van der Waals surface area contributed by atoms with Crippen molar-refractivity contribution in [2.75, 3.05) is 45.8 Å². The van der Waals surface area contributed by atoms with Gasteiger partial charge >= 0.3 is 6.03 Å². The van der Waals surface area contributed by atoms with E-state index in [9.17, 15) is 18.4 Å². The van der Waals surface area contributed by atoms with E-state index in [1.165, 1.54) is 19.4 Å². The monoisotopic (exact) mass is 605 g/mol. The molecule has 44 heavy (non-hydrogen) atoms. The van der Waals surface area contributed by atoms with E-state index in [2.05, 4.69) is 26.0 Å². The number of anilines is 1. The smallest absolute Gasteiger partial charge is 0.320 e. The summed E-state index contributed by atoms with van der Waals surface area (Å²) in [7, 11) is 2.94. The molecule has 0 radical (unpaired) electrons. The summed E-state index contributed by atoms with van der Waals surface area (Å²) in [5, 5.41) is 10.8. The summed E-state index contributed by atoms with van der Waals surface area (Å²) in [6.45, 7) is 3.96. The van der Waals surface area contributed by atoms with Gasteiger partial charge in [-0.3, -0.25) is 24.8 Å². The molecule has 1 aliphatic rings. The number of pyridine rings is 1.